The lowest BCUT2D eigenvalue weighted by atomic mass is 9.84. The number of ether oxygens (including phenoxy) is 1. The van der Waals surface area contributed by atoms with Crippen molar-refractivity contribution in [1.29, 1.82) is 0 Å². The van der Waals surface area contributed by atoms with Crippen molar-refractivity contribution < 1.29 is 46.7 Å². The fraction of sp³-hybridized carbons (Fsp3) is 0.440. The smallest absolute Gasteiger partial charge is 0.418 e. The second-order valence-electron chi connectivity index (χ2n) is 10.2. The molecule has 4 rings (SSSR count). The lowest BCUT2D eigenvalue weighted by Crippen LogP contribution is -2.76. The number of rotatable bonds is 11. The number of benzene rings is 1. The van der Waals surface area contributed by atoms with Gasteiger partial charge in [-0.05, 0) is 64.0 Å². The van der Waals surface area contributed by atoms with E-state index in [9.17, 15) is 22.8 Å². The minimum Gasteiger partial charge on any atom is -0.493 e. The van der Waals surface area contributed by atoms with Gasteiger partial charge in [-0.25, -0.2) is 4.98 Å². The number of carbonyl (C=O) groups is 3. The van der Waals surface area contributed by atoms with Crippen molar-refractivity contribution in [3.8, 4) is 5.75 Å². The second kappa shape index (κ2) is 15.1. The zero-order valence-electron chi connectivity index (χ0n) is 24.2. The standard InChI is InChI=1S/C15H21N3O3.C10H13N5O7S2/c16-15(18-12-5-8-17-9-6-12)11-1-3-13(4-2-11)21-10-7-14(19)20;1-10(2)6(8(17)15(10)22-24(19,20)21)13-7(16)5(14-18)4-3-23-9(11)12-4/h1-4,12,17H,5-10H2,(H2,16,18)(H,19,20);3,6,18H,1-2H3,(H2,11,12)(H,13,16)(H,19,20,21)/b;14-5-. The predicted molar refractivity (Wildman–Crippen MR) is 161 cm³/mol. The Labute approximate surface area is 262 Å². The number of thiazole rings is 1. The Hall–Kier alpha value is -4.37. The first-order chi connectivity index (χ1) is 21.1. The van der Waals surface area contributed by atoms with Gasteiger partial charge in [0.25, 0.3) is 11.8 Å². The molecule has 2 aromatic rings. The summed E-state index contributed by atoms with van der Waals surface area (Å²) in [6.45, 7) is 4.91. The molecular formula is C25H34N8O10S2. The van der Waals surface area contributed by atoms with Crippen LogP contribution in [0.2, 0.25) is 0 Å². The third-order valence-electron chi connectivity index (χ3n) is 6.57. The molecule has 1 unspecified atom stereocenters. The number of carbonyl (C=O) groups excluding carboxylic acids is 2. The highest BCUT2D eigenvalue weighted by atomic mass is 32.3. The summed E-state index contributed by atoms with van der Waals surface area (Å²) < 4.78 is 39.6. The Kier molecular flexibility index (Phi) is 11.8. The Morgan fingerprint density at radius 2 is 1.89 bits per heavy atom. The minimum absolute atomic E-state index is 0.00752. The number of nitrogens with one attached hydrogen (secondary N) is 2. The number of aliphatic imine (C=N–C) groups is 1. The molecule has 2 fully saturated rings. The molecule has 3 heterocycles. The highest BCUT2D eigenvalue weighted by Gasteiger charge is 2.58. The zero-order chi connectivity index (χ0) is 33.4. The molecule has 20 heteroatoms. The minimum atomic E-state index is -4.90. The number of nitrogens with two attached hydrogens (primary N) is 2. The summed E-state index contributed by atoms with van der Waals surface area (Å²) in [4.78, 5) is 42.8. The average molecular weight is 671 g/mol. The van der Waals surface area contributed by atoms with E-state index in [1.54, 1.807) is 12.1 Å². The van der Waals surface area contributed by atoms with Crippen LogP contribution in [0.5, 0.6) is 5.75 Å². The Bertz CT molecular complexity index is 1540. The van der Waals surface area contributed by atoms with E-state index in [2.05, 4.69) is 30.0 Å². The molecule has 18 nitrogen and oxygen atoms in total. The van der Waals surface area contributed by atoms with E-state index in [0.29, 0.717) is 16.6 Å². The van der Waals surface area contributed by atoms with Crippen molar-refractivity contribution in [2.75, 3.05) is 25.4 Å². The van der Waals surface area contributed by atoms with Gasteiger partial charge in [0, 0.05) is 10.9 Å². The summed E-state index contributed by atoms with van der Waals surface area (Å²) in [6.07, 6.45) is 2.01. The first kappa shape index (κ1) is 35.1. The van der Waals surface area contributed by atoms with E-state index in [0.717, 1.165) is 42.8 Å². The van der Waals surface area contributed by atoms with Gasteiger partial charge in [-0.15, -0.1) is 15.6 Å². The van der Waals surface area contributed by atoms with Crippen LogP contribution in [0.4, 0.5) is 5.13 Å². The summed E-state index contributed by atoms with van der Waals surface area (Å²) in [7, 11) is -4.90. The molecule has 246 valence electrons. The highest BCUT2D eigenvalue weighted by molar-refractivity contribution is 7.80. The van der Waals surface area contributed by atoms with Crippen molar-refractivity contribution in [3.05, 3.63) is 40.9 Å². The molecule has 1 aromatic carbocycles. The van der Waals surface area contributed by atoms with Crippen molar-refractivity contribution in [2.24, 2.45) is 15.9 Å². The SMILES string of the molecule is CC1(C)C(NC(=O)/C(=N\O)c2csc(N)n2)C(=O)N1OS(=O)(=O)O.NC(=NC1CCNCC1)c1ccc(OCCC(=O)O)cc1. The lowest BCUT2D eigenvalue weighted by Gasteiger charge is -2.50. The van der Waals surface area contributed by atoms with Gasteiger partial charge in [-0.1, -0.05) is 5.16 Å². The van der Waals surface area contributed by atoms with Crippen molar-refractivity contribution in [2.45, 2.75) is 50.7 Å². The van der Waals surface area contributed by atoms with E-state index in [1.165, 1.54) is 19.2 Å². The number of carboxylic acid groups (broad SMARTS) is 1. The number of nitrogen functional groups attached to an aromatic ring is 1. The molecule has 2 amide bonds. The maximum absolute atomic E-state index is 12.2. The van der Waals surface area contributed by atoms with Crippen molar-refractivity contribution in [3.63, 3.8) is 0 Å². The van der Waals surface area contributed by atoms with E-state index >= 15 is 0 Å². The normalized spacial score (nSPS) is 18.8. The number of oxime groups is 1. The van der Waals surface area contributed by atoms with Crippen LogP contribution in [0.3, 0.4) is 0 Å². The van der Waals surface area contributed by atoms with E-state index in [1.807, 2.05) is 12.1 Å². The van der Waals surface area contributed by atoms with Gasteiger partial charge in [-0.3, -0.25) is 23.9 Å². The summed E-state index contributed by atoms with van der Waals surface area (Å²) >= 11 is 1.02. The Balaban J connectivity index is 0.000000248. The van der Waals surface area contributed by atoms with Crippen LogP contribution in [0.15, 0.2) is 39.8 Å². The number of β-lactam (4-membered cyclic amide) rings is 1. The molecule has 1 atom stereocenters. The quantitative estimate of drug-likeness (QED) is 0.0405. The predicted octanol–water partition coefficient (Wildman–Crippen LogP) is -0.259. The highest BCUT2D eigenvalue weighted by Crippen LogP contribution is 2.32. The average Bonchev–Trinajstić information content (AvgIpc) is 3.41. The van der Waals surface area contributed by atoms with Gasteiger partial charge in [-0.2, -0.15) is 13.5 Å². The number of hydroxylamine groups is 2. The van der Waals surface area contributed by atoms with Crippen LogP contribution in [0.1, 0.15) is 44.4 Å². The molecule has 0 radical (unpaired) electrons. The summed E-state index contributed by atoms with van der Waals surface area (Å²) in [6, 6.07) is 6.35. The van der Waals surface area contributed by atoms with Gasteiger partial charge in [0.2, 0.25) is 0 Å². The number of anilines is 1. The number of hydrogen-bond acceptors (Lipinski definition) is 14. The number of aromatic nitrogens is 1. The van der Waals surface area contributed by atoms with Crippen LogP contribution in [-0.2, 0) is 29.1 Å². The molecule has 2 aliphatic heterocycles. The van der Waals surface area contributed by atoms with E-state index < -0.39 is 45.5 Å². The van der Waals surface area contributed by atoms with Gasteiger partial charge in [0.1, 0.15) is 23.3 Å². The molecule has 9 N–H and O–H groups in total. The Morgan fingerprint density at radius 3 is 2.40 bits per heavy atom. The number of amides is 2. The third kappa shape index (κ3) is 9.81. The molecule has 0 saturated carbocycles. The zero-order valence-corrected chi connectivity index (χ0v) is 25.9. The lowest BCUT2D eigenvalue weighted by molar-refractivity contribution is -0.218. The maximum Gasteiger partial charge on any atom is 0.418 e. The number of piperidine rings is 1. The first-order valence-electron chi connectivity index (χ1n) is 13.4. The van der Waals surface area contributed by atoms with Gasteiger partial charge in [0.05, 0.1) is 24.6 Å². The number of nitrogens with zero attached hydrogens (tertiary/aromatic N) is 4. The van der Waals surface area contributed by atoms with Crippen LogP contribution >= 0.6 is 11.3 Å². The largest absolute Gasteiger partial charge is 0.493 e. The number of amidine groups is 1. The van der Waals surface area contributed by atoms with Crippen LogP contribution < -0.4 is 26.8 Å². The van der Waals surface area contributed by atoms with Crippen LogP contribution in [0, 0.1) is 0 Å². The van der Waals surface area contributed by atoms with Gasteiger partial charge < -0.3 is 37.2 Å². The van der Waals surface area contributed by atoms with Gasteiger partial charge in [0.15, 0.2) is 10.8 Å². The summed E-state index contributed by atoms with van der Waals surface area (Å²) in [5.74, 6) is -1.54. The van der Waals surface area contributed by atoms with Crippen molar-refractivity contribution in [1.82, 2.24) is 20.7 Å². The second-order valence-corrected chi connectivity index (χ2v) is 12.1. The molecular weight excluding hydrogens is 636 g/mol. The number of aliphatic carboxylic acids is 1. The molecule has 0 bridgehead atoms. The van der Waals surface area contributed by atoms with Crippen LogP contribution in [-0.4, -0.2) is 100.0 Å². The molecule has 45 heavy (non-hydrogen) atoms. The van der Waals surface area contributed by atoms with E-state index in [4.69, 9.17) is 31.1 Å². The van der Waals surface area contributed by atoms with Crippen molar-refractivity contribution >= 4 is 56.2 Å². The molecule has 0 aliphatic carbocycles. The van der Waals surface area contributed by atoms with Gasteiger partial charge >= 0.3 is 16.4 Å². The maximum atomic E-state index is 12.2. The fourth-order valence-corrected chi connectivity index (χ4v) is 5.22. The summed E-state index contributed by atoms with van der Waals surface area (Å²) in [5, 5.41) is 27.9. The van der Waals surface area contributed by atoms with Crippen LogP contribution in [0.25, 0.3) is 0 Å². The fourth-order valence-electron chi connectivity index (χ4n) is 4.21. The molecule has 2 saturated heterocycles. The van der Waals surface area contributed by atoms with E-state index in [-0.39, 0.29) is 29.9 Å². The Morgan fingerprint density at radius 1 is 1.24 bits per heavy atom. The monoisotopic (exact) mass is 670 g/mol. The molecule has 1 aromatic heterocycles. The third-order valence-corrected chi connectivity index (χ3v) is 7.58. The summed E-state index contributed by atoms with van der Waals surface area (Å²) in [5.41, 5.74) is 10.6. The number of carboxylic acids is 1. The topological polar surface area (TPSA) is 281 Å². The molecule has 2 aliphatic rings. The molecule has 0 spiro atoms. The first-order valence-corrected chi connectivity index (χ1v) is 15.6. The number of hydrogen-bond donors (Lipinski definition) is 7.